The molecular weight excluding hydrogens is 302 g/mol. The highest BCUT2D eigenvalue weighted by molar-refractivity contribution is 6.02. The van der Waals surface area contributed by atoms with E-state index in [1.54, 1.807) is 13.2 Å². The first-order valence-corrected chi connectivity index (χ1v) is 7.78. The van der Waals surface area contributed by atoms with E-state index in [1.165, 1.54) is 11.6 Å². The minimum atomic E-state index is -0.148. The first-order chi connectivity index (χ1) is 11.5. The van der Waals surface area contributed by atoms with E-state index in [0.29, 0.717) is 0 Å². The summed E-state index contributed by atoms with van der Waals surface area (Å²) in [5, 5.41) is 2.95. The van der Waals surface area contributed by atoms with Crippen LogP contribution in [0.4, 0.5) is 5.69 Å². The molecule has 1 amide bonds. The number of rotatable bonds is 6. The quantitative estimate of drug-likeness (QED) is 0.638. The van der Waals surface area contributed by atoms with Gasteiger partial charge in [-0.1, -0.05) is 29.8 Å². The van der Waals surface area contributed by atoms with Crippen LogP contribution in [0.3, 0.4) is 0 Å². The van der Waals surface area contributed by atoms with E-state index in [0.717, 1.165) is 28.1 Å². The number of hydrogen-bond donors (Lipinski definition) is 1. The molecule has 0 atom stereocenters. The molecule has 0 saturated heterocycles. The molecule has 1 N–H and O–H groups in total. The fraction of sp³-hybridized carbons (Fsp3) is 0.250. The average Bonchev–Trinajstić information content (AvgIpc) is 2.55. The molecule has 0 aliphatic carbocycles. The zero-order valence-electron chi connectivity index (χ0n) is 14.6. The van der Waals surface area contributed by atoms with Gasteiger partial charge in [-0.25, -0.2) is 0 Å². The molecule has 24 heavy (non-hydrogen) atoms. The Hall–Kier alpha value is -2.59. The largest absolute Gasteiger partial charge is 0.468 e. The number of amides is 1. The highest BCUT2D eigenvalue weighted by Gasteiger charge is 2.06. The van der Waals surface area contributed by atoms with Crippen LogP contribution in [0.5, 0.6) is 5.75 Å². The lowest BCUT2D eigenvalue weighted by molar-refractivity contribution is -0.111. The van der Waals surface area contributed by atoms with Crippen molar-refractivity contribution in [2.45, 2.75) is 20.8 Å². The zero-order valence-corrected chi connectivity index (χ0v) is 14.6. The van der Waals surface area contributed by atoms with E-state index in [4.69, 9.17) is 9.47 Å². The third kappa shape index (κ3) is 4.96. The Balaban J connectivity index is 2.00. The van der Waals surface area contributed by atoms with Crippen LogP contribution in [-0.4, -0.2) is 19.8 Å². The molecule has 0 unspecified atom stereocenters. The smallest absolute Gasteiger partial charge is 0.248 e. The Kier molecular flexibility index (Phi) is 6.15. The van der Waals surface area contributed by atoms with Crippen LogP contribution >= 0.6 is 0 Å². The van der Waals surface area contributed by atoms with Crippen LogP contribution in [0.25, 0.3) is 6.08 Å². The Morgan fingerprint density at radius 3 is 2.29 bits per heavy atom. The lowest BCUT2D eigenvalue weighted by Gasteiger charge is -2.11. The van der Waals surface area contributed by atoms with Gasteiger partial charge < -0.3 is 14.8 Å². The monoisotopic (exact) mass is 325 g/mol. The maximum atomic E-state index is 12.1. The highest BCUT2D eigenvalue weighted by atomic mass is 16.7. The number of carbonyl (C=O) groups excluding carboxylic acids is 1. The van der Waals surface area contributed by atoms with Gasteiger partial charge in [0.05, 0.1) is 0 Å². The topological polar surface area (TPSA) is 47.6 Å². The lowest BCUT2D eigenvalue weighted by atomic mass is 10.1. The number of carbonyl (C=O) groups is 1. The first kappa shape index (κ1) is 17.8. The summed E-state index contributed by atoms with van der Waals surface area (Å²) in [4.78, 5) is 12.1. The Labute approximate surface area is 143 Å². The van der Waals surface area contributed by atoms with Gasteiger partial charge in [-0.05, 0) is 55.7 Å². The number of hydrogen-bond acceptors (Lipinski definition) is 3. The van der Waals surface area contributed by atoms with Crippen LogP contribution in [0.1, 0.15) is 22.3 Å². The molecule has 0 saturated carbocycles. The van der Waals surface area contributed by atoms with Crippen molar-refractivity contribution in [2.75, 3.05) is 19.2 Å². The van der Waals surface area contributed by atoms with Gasteiger partial charge in [0.1, 0.15) is 5.75 Å². The summed E-state index contributed by atoms with van der Waals surface area (Å²) in [7, 11) is 1.58. The fourth-order valence-corrected chi connectivity index (χ4v) is 2.52. The number of nitrogens with one attached hydrogen (secondary N) is 1. The molecule has 0 heterocycles. The van der Waals surface area contributed by atoms with Gasteiger partial charge in [-0.3, -0.25) is 4.79 Å². The van der Waals surface area contributed by atoms with Gasteiger partial charge in [0, 0.05) is 18.9 Å². The van der Waals surface area contributed by atoms with E-state index in [9.17, 15) is 4.79 Å². The first-order valence-electron chi connectivity index (χ1n) is 7.78. The van der Waals surface area contributed by atoms with Gasteiger partial charge in [0.25, 0.3) is 0 Å². The van der Waals surface area contributed by atoms with E-state index in [-0.39, 0.29) is 12.7 Å². The molecule has 0 aromatic heterocycles. The van der Waals surface area contributed by atoms with Gasteiger partial charge >= 0.3 is 0 Å². The van der Waals surface area contributed by atoms with Gasteiger partial charge in [-0.2, -0.15) is 0 Å². The summed E-state index contributed by atoms with van der Waals surface area (Å²) in [6.07, 6.45) is 3.30. The van der Waals surface area contributed by atoms with Crippen molar-refractivity contribution in [1.82, 2.24) is 0 Å². The van der Waals surface area contributed by atoms with Crippen LogP contribution < -0.4 is 10.1 Å². The molecule has 0 spiro atoms. The Morgan fingerprint density at radius 1 is 1.08 bits per heavy atom. The minimum Gasteiger partial charge on any atom is -0.468 e. The standard InChI is InChI=1S/C20H23NO3/c1-14-11-15(2)20(16(3)12-14)21-19(22)10-7-17-5-8-18(9-6-17)24-13-23-4/h5-12H,13H2,1-4H3,(H,21,22)/b10-7+. The van der Waals surface area contributed by atoms with Crippen LogP contribution in [0, 0.1) is 20.8 Å². The molecule has 2 aromatic carbocycles. The molecule has 4 heteroatoms. The predicted octanol–water partition coefficient (Wildman–Crippen LogP) is 4.25. The van der Waals surface area contributed by atoms with E-state index in [2.05, 4.69) is 17.4 Å². The summed E-state index contributed by atoms with van der Waals surface area (Å²) < 4.78 is 10.2. The normalized spacial score (nSPS) is 10.8. The van der Waals surface area contributed by atoms with Crippen molar-refractivity contribution >= 4 is 17.7 Å². The fourth-order valence-electron chi connectivity index (χ4n) is 2.52. The predicted molar refractivity (Wildman–Crippen MR) is 97.3 cm³/mol. The molecule has 2 aromatic rings. The molecule has 0 aliphatic rings. The summed E-state index contributed by atoms with van der Waals surface area (Å²) in [5.74, 6) is 0.578. The van der Waals surface area contributed by atoms with E-state index in [1.807, 2.05) is 45.0 Å². The zero-order chi connectivity index (χ0) is 17.5. The number of anilines is 1. The average molecular weight is 325 g/mol. The van der Waals surface area contributed by atoms with Gasteiger partial charge in [0.2, 0.25) is 5.91 Å². The summed E-state index contributed by atoms with van der Waals surface area (Å²) in [5.41, 5.74) is 5.11. The molecule has 0 fully saturated rings. The van der Waals surface area contributed by atoms with Crippen LogP contribution in [0.2, 0.25) is 0 Å². The van der Waals surface area contributed by atoms with Crippen molar-refractivity contribution in [3.63, 3.8) is 0 Å². The molecule has 0 radical (unpaired) electrons. The maximum Gasteiger partial charge on any atom is 0.248 e. The van der Waals surface area contributed by atoms with Crippen LogP contribution in [-0.2, 0) is 9.53 Å². The SMILES string of the molecule is COCOc1ccc(/C=C/C(=O)Nc2c(C)cc(C)cc2C)cc1. The van der Waals surface area contributed by atoms with Crippen LogP contribution in [0.15, 0.2) is 42.5 Å². The molecule has 2 rings (SSSR count). The lowest BCUT2D eigenvalue weighted by Crippen LogP contribution is -2.10. The molecular formula is C20H23NO3. The number of benzene rings is 2. The van der Waals surface area contributed by atoms with E-state index >= 15 is 0 Å². The van der Waals surface area contributed by atoms with Crippen molar-refractivity contribution < 1.29 is 14.3 Å². The highest BCUT2D eigenvalue weighted by Crippen LogP contribution is 2.22. The number of ether oxygens (including phenoxy) is 2. The Bertz CT molecular complexity index is 710. The number of aryl methyl sites for hydroxylation is 3. The van der Waals surface area contributed by atoms with Crippen molar-refractivity contribution in [1.29, 1.82) is 0 Å². The number of methoxy groups -OCH3 is 1. The van der Waals surface area contributed by atoms with Gasteiger partial charge in [0.15, 0.2) is 6.79 Å². The van der Waals surface area contributed by atoms with Crippen molar-refractivity contribution in [2.24, 2.45) is 0 Å². The second-order valence-corrected chi connectivity index (χ2v) is 5.72. The van der Waals surface area contributed by atoms with Gasteiger partial charge in [-0.15, -0.1) is 0 Å². The summed E-state index contributed by atoms with van der Waals surface area (Å²) in [6.45, 7) is 6.26. The van der Waals surface area contributed by atoms with Crippen molar-refractivity contribution in [3.05, 3.63) is 64.7 Å². The Morgan fingerprint density at radius 2 is 1.71 bits per heavy atom. The van der Waals surface area contributed by atoms with Crippen molar-refractivity contribution in [3.8, 4) is 5.75 Å². The molecule has 0 aliphatic heterocycles. The molecule has 126 valence electrons. The second-order valence-electron chi connectivity index (χ2n) is 5.72. The van der Waals surface area contributed by atoms with E-state index < -0.39 is 0 Å². The third-order valence-electron chi connectivity index (χ3n) is 3.58. The third-order valence-corrected chi connectivity index (χ3v) is 3.58. The molecule has 4 nitrogen and oxygen atoms in total. The second kappa shape index (κ2) is 8.31. The minimum absolute atomic E-state index is 0.148. The summed E-state index contributed by atoms with van der Waals surface area (Å²) >= 11 is 0. The molecule has 0 bridgehead atoms. The summed E-state index contributed by atoms with van der Waals surface area (Å²) in [6, 6.07) is 11.6. The maximum absolute atomic E-state index is 12.1.